The van der Waals surface area contributed by atoms with Crippen LogP contribution in [0.25, 0.3) is 20.4 Å². The van der Waals surface area contributed by atoms with Gasteiger partial charge < -0.3 is 28.4 Å². The van der Waals surface area contributed by atoms with Gasteiger partial charge in [-0.05, 0) is 19.5 Å². The lowest BCUT2D eigenvalue weighted by Crippen LogP contribution is -2.30. The molecule has 4 aromatic rings. The fourth-order valence-corrected chi connectivity index (χ4v) is 7.21. The van der Waals surface area contributed by atoms with Crippen LogP contribution in [0, 0.1) is 0 Å². The van der Waals surface area contributed by atoms with Crippen LogP contribution in [0.3, 0.4) is 0 Å². The summed E-state index contributed by atoms with van der Waals surface area (Å²) in [6.07, 6.45) is 1.08. The number of benzene rings is 2. The summed E-state index contributed by atoms with van der Waals surface area (Å²) in [5.74, 6) is 3.76. The van der Waals surface area contributed by atoms with Gasteiger partial charge in [0.25, 0.3) is 0 Å². The highest BCUT2D eigenvalue weighted by atomic mass is 32.1. The average Bonchev–Trinajstić information content (AvgIpc) is 3.48. The third kappa shape index (κ3) is 5.38. The molecule has 5 rings (SSSR count). The van der Waals surface area contributed by atoms with Crippen molar-refractivity contribution in [2.75, 3.05) is 68.8 Å². The van der Waals surface area contributed by atoms with Gasteiger partial charge in [0.15, 0.2) is 23.0 Å². The van der Waals surface area contributed by atoms with Crippen molar-refractivity contribution in [3.05, 3.63) is 22.1 Å². The van der Waals surface area contributed by atoms with Gasteiger partial charge in [0.05, 0.1) is 66.8 Å². The van der Waals surface area contributed by atoms with E-state index in [1.165, 1.54) is 0 Å². The van der Waals surface area contributed by atoms with Crippen molar-refractivity contribution in [3.8, 4) is 34.5 Å². The second-order valence-electron chi connectivity index (χ2n) is 9.11. The Morgan fingerprint density at radius 2 is 1.00 bits per heavy atom. The van der Waals surface area contributed by atoms with Crippen LogP contribution in [0.2, 0.25) is 0 Å². The lowest BCUT2D eigenvalue weighted by Gasteiger charge is -2.20. The van der Waals surface area contributed by atoms with Gasteiger partial charge in [-0.3, -0.25) is 9.80 Å². The number of aromatic nitrogens is 2. The van der Waals surface area contributed by atoms with E-state index in [9.17, 15) is 0 Å². The van der Waals surface area contributed by atoms with E-state index < -0.39 is 0 Å². The molecule has 3 heterocycles. The molecule has 0 spiro atoms. The van der Waals surface area contributed by atoms with Gasteiger partial charge in [0.2, 0.25) is 11.5 Å². The van der Waals surface area contributed by atoms with Crippen molar-refractivity contribution in [1.82, 2.24) is 19.8 Å². The van der Waals surface area contributed by atoms with Crippen LogP contribution in [0.1, 0.15) is 16.4 Å². The Morgan fingerprint density at radius 1 is 0.590 bits per heavy atom. The summed E-state index contributed by atoms with van der Waals surface area (Å²) < 4.78 is 35.4. The molecule has 0 atom stereocenters. The molecular formula is C27H34N4O6S2. The second-order valence-corrected chi connectivity index (χ2v) is 11.3. The molecule has 10 nitrogen and oxygen atoms in total. The fourth-order valence-electron chi connectivity index (χ4n) is 5.01. The minimum Gasteiger partial charge on any atom is -0.493 e. The van der Waals surface area contributed by atoms with Crippen LogP contribution in [0.4, 0.5) is 0 Å². The first-order valence-electron chi connectivity index (χ1n) is 12.6. The Balaban J connectivity index is 1.28. The Kier molecular flexibility index (Phi) is 8.46. The topological polar surface area (TPSA) is 87.6 Å². The zero-order chi connectivity index (χ0) is 27.5. The molecule has 210 valence electrons. The van der Waals surface area contributed by atoms with E-state index in [-0.39, 0.29) is 0 Å². The maximum atomic E-state index is 5.67. The molecule has 0 saturated carbocycles. The minimum atomic E-state index is 0.595. The molecular weight excluding hydrogens is 540 g/mol. The number of hydrogen-bond acceptors (Lipinski definition) is 12. The molecule has 39 heavy (non-hydrogen) atoms. The van der Waals surface area contributed by atoms with E-state index in [1.807, 2.05) is 12.1 Å². The Morgan fingerprint density at radius 3 is 1.36 bits per heavy atom. The Hall–Kier alpha value is -3.06. The molecule has 0 bridgehead atoms. The first-order valence-corrected chi connectivity index (χ1v) is 14.3. The van der Waals surface area contributed by atoms with Crippen molar-refractivity contribution in [2.45, 2.75) is 19.5 Å². The monoisotopic (exact) mass is 574 g/mol. The molecule has 1 fully saturated rings. The number of thiazole rings is 2. The number of nitrogens with zero attached hydrogens (tertiary/aromatic N) is 4. The predicted octanol–water partition coefficient (Wildman–Crippen LogP) is 4.67. The molecule has 0 aliphatic carbocycles. The van der Waals surface area contributed by atoms with E-state index in [0.29, 0.717) is 34.5 Å². The van der Waals surface area contributed by atoms with Gasteiger partial charge in [-0.1, -0.05) is 0 Å². The quantitative estimate of drug-likeness (QED) is 0.266. The largest absolute Gasteiger partial charge is 0.493 e. The molecule has 12 heteroatoms. The molecule has 1 aliphatic rings. The third-order valence-corrected chi connectivity index (χ3v) is 8.97. The van der Waals surface area contributed by atoms with Crippen LogP contribution < -0.4 is 28.4 Å². The second kappa shape index (κ2) is 12.0. The normalized spacial score (nSPS) is 14.9. The van der Waals surface area contributed by atoms with E-state index in [0.717, 1.165) is 76.1 Å². The lowest BCUT2D eigenvalue weighted by molar-refractivity contribution is 0.247. The SMILES string of the molecule is COc1cc2nc(CN3CCCN(Cc4nc5cc(OC)c(OC)c(OC)c5s4)CC3)sc2c(OC)c1OC. The zero-order valence-electron chi connectivity index (χ0n) is 23.2. The molecule has 0 amide bonds. The summed E-state index contributed by atoms with van der Waals surface area (Å²) in [5, 5.41) is 2.10. The summed E-state index contributed by atoms with van der Waals surface area (Å²) in [7, 11) is 9.78. The van der Waals surface area contributed by atoms with Crippen LogP contribution >= 0.6 is 22.7 Å². The van der Waals surface area contributed by atoms with Crippen LogP contribution in [0.15, 0.2) is 12.1 Å². The number of ether oxygens (including phenoxy) is 6. The van der Waals surface area contributed by atoms with Crippen molar-refractivity contribution < 1.29 is 28.4 Å². The molecule has 2 aromatic heterocycles. The van der Waals surface area contributed by atoms with Gasteiger partial charge in [-0.15, -0.1) is 22.7 Å². The van der Waals surface area contributed by atoms with Gasteiger partial charge in [-0.25, -0.2) is 9.97 Å². The summed E-state index contributed by atoms with van der Waals surface area (Å²) in [6.45, 7) is 5.51. The molecule has 0 radical (unpaired) electrons. The highest BCUT2D eigenvalue weighted by molar-refractivity contribution is 7.19. The van der Waals surface area contributed by atoms with Crippen molar-refractivity contribution in [1.29, 1.82) is 0 Å². The maximum absolute atomic E-state index is 5.67. The van der Waals surface area contributed by atoms with Gasteiger partial charge in [0, 0.05) is 25.2 Å². The van der Waals surface area contributed by atoms with Crippen molar-refractivity contribution >= 4 is 43.1 Å². The average molecular weight is 575 g/mol. The molecule has 1 saturated heterocycles. The minimum absolute atomic E-state index is 0.595. The third-order valence-electron chi connectivity index (χ3n) is 6.86. The highest BCUT2D eigenvalue weighted by Crippen LogP contribution is 2.46. The first-order chi connectivity index (χ1) is 19.0. The maximum Gasteiger partial charge on any atom is 0.204 e. The summed E-state index contributed by atoms with van der Waals surface area (Å²) in [5.41, 5.74) is 1.72. The first kappa shape index (κ1) is 27.5. The predicted molar refractivity (Wildman–Crippen MR) is 154 cm³/mol. The van der Waals surface area contributed by atoms with Crippen molar-refractivity contribution in [2.24, 2.45) is 0 Å². The van der Waals surface area contributed by atoms with E-state index in [4.69, 9.17) is 38.4 Å². The van der Waals surface area contributed by atoms with Gasteiger partial charge in [-0.2, -0.15) is 0 Å². The zero-order valence-corrected chi connectivity index (χ0v) is 24.8. The molecule has 2 aromatic carbocycles. The van der Waals surface area contributed by atoms with Crippen molar-refractivity contribution in [3.63, 3.8) is 0 Å². The van der Waals surface area contributed by atoms with Crippen LogP contribution in [-0.2, 0) is 13.1 Å². The van der Waals surface area contributed by atoms with Crippen LogP contribution in [-0.4, -0.2) is 88.6 Å². The lowest BCUT2D eigenvalue weighted by atomic mass is 10.2. The van der Waals surface area contributed by atoms with Gasteiger partial charge in [0.1, 0.15) is 19.4 Å². The van der Waals surface area contributed by atoms with E-state index >= 15 is 0 Å². The molecule has 0 unspecified atom stereocenters. The number of hydrogen-bond donors (Lipinski definition) is 0. The summed E-state index contributed by atoms with van der Waals surface area (Å²) in [4.78, 5) is 14.7. The standard InChI is InChI=1S/C27H34N4O6S2/c1-32-18-12-16-26(24(36-5)22(18)34-3)38-20(28-16)14-30-8-7-9-31(11-10-30)15-21-29-17-13-19(33-2)23(35-4)25(37-6)27(17)39-21/h12-13H,7-11,14-15H2,1-6H3. The molecule has 1 aliphatic heterocycles. The van der Waals surface area contributed by atoms with Crippen LogP contribution in [0.5, 0.6) is 34.5 Å². The van der Waals surface area contributed by atoms with Gasteiger partial charge >= 0.3 is 0 Å². The smallest absolute Gasteiger partial charge is 0.204 e. The summed E-state index contributed by atoms with van der Waals surface area (Å²) >= 11 is 3.29. The molecule has 0 N–H and O–H groups in total. The van der Waals surface area contributed by atoms with E-state index in [2.05, 4.69) is 9.80 Å². The number of rotatable bonds is 10. The number of fused-ring (bicyclic) bond motifs is 2. The summed E-state index contributed by atoms with van der Waals surface area (Å²) in [6, 6.07) is 3.83. The Bertz CT molecular complexity index is 1350. The fraction of sp³-hybridized carbons (Fsp3) is 0.481. The Labute approximate surface area is 236 Å². The van der Waals surface area contributed by atoms with E-state index in [1.54, 1.807) is 65.3 Å². The number of methoxy groups -OCH3 is 6. The highest BCUT2D eigenvalue weighted by Gasteiger charge is 2.23.